The Morgan fingerprint density at radius 1 is 1.12 bits per heavy atom. The number of hydrogen-bond donors (Lipinski definition) is 0. The molecule has 0 amide bonds. The van der Waals surface area contributed by atoms with Crippen molar-refractivity contribution in [2.75, 3.05) is 6.54 Å². The summed E-state index contributed by atoms with van der Waals surface area (Å²) in [5.74, 6) is 1.15. The van der Waals surface area contributed by atoms with Gasteiger partial charge in [0.05, 0.1) is 10.0 Å². The third kappa shape index (κ3) is 3.90. The Hall–Kier alpha value is -0.770. The number of thiazole rings is 1. The fourth-order valence-corrected chi connectivity index (χ4v) is 4.97. The summed E-state index contributed by atoms with van der Waals surface area (Å²) in [6.07, 6.45) is 3.56. The van der Waals surface area contributed by atoms with Crippen LogP contribution < -0.4 is 4.80 Å². The maximum atomic E-state index is 6.35. The minimum Gasteiger partial charge on any atom is -0.320 e. The number of hydrogen-bond acceptors (Lipinski definition) is 2. The molecule has 2 aromatic rings. The molecule has 1 aliphatic carbocycles. The van der Waals surface area contributed by atoms with E-state index in [2.05, 4.69) is 49.8 Å². The van der Waals surface area contributed by atoms with Crippen LogP contribution in [-0.2, 0) is 12.0 Å². The second kappa shape index (κ2) is 8.08. The molecule has 0 bridgehead atoms. The van der Waals surface area contributed by atoms with Gasteiger partial charge < -0.3 is 4.57 Å². The van der Waals surface area contributed by atoms with Crippen molar-refractivity contribution in [3.8, 4) is 0 Å². The fraction of sp³-hybridized carbons (Fsp3) is 0.571. The van der Waals surface area contributed by atoms with Crippen LogP contribution in [0.1, 0.15) is 58.2 Å². The predicted octanol–water partition coefficient (Wildman–Crippen LogP) is 6.54. The maximum absolute atomic E-state index is 6.35. The van der Waals surface area contributed by atoms with Crippen LogP contribution in [0.4, 0.5) is 0 Å². The highest BCUT2D eigenvalue weighted by Gasteiger charge is 2.43. The monoisotopic (exact) mass is 410 g/mol. The number of aromatic nitrogens is 1. The van der Waals surface area contributed by atoms with E-state index in [0.29, 0.717) is 21.9 Å². The van der Waals surface area contributed by atoms with Gasteiger partial charge in [0.25, 0.3) is 0 Å². The van der Waals surface area contributed by atoms with E-state index in [0.717, 1.165) is 30.7 Å². The van der Waals surface area contributed by atoms with Crippen molar-refractivity contribution in [3.05, 3.63) is 49.7 Å². The normalized spacial score (nSPS) is 17.2. The molecule has 2 nitrogen and oxygen atoms in total. The van der Waals surface area contributed by atoms with E-state index in [1.807, 2.05) is 6.07 Å². The highest BCUT2D eigenvalue weighted by molar-refractivity contribution is 7.07. The van der Waals surface area contributed by atoms with Gasteiger partial charge in [-0.05, 0) is 42.4 Å². The molecule has 1 heterocycles. The first kappa shape index (κ1) is 20.0. The second-order valence-corrected chi connectivity index (χ2v) is 9.86. The van der Waals surface area contributed by atoms with Gasteiger partial charge in [-0.25, -0.2) is 0 Å². The molecule has 0 radical (unpaired) electrons. The van der Waals surface area contributed by atoms with Crippen molar-refractivity contribution in [1.82, 2.24) is 4.57 Å². The molecular formula is C21H28Cl2N2S. The average Bonchev–Trinajstić information content (AvgIpc) is 2.90. The lowest BCUT2D eigenvalue weighted by atomic mass is 9.62. The zero-order valence-corrected chi connectivity index (χ0v) is 18.4. The molecule has 0 spiro atoms. The Balaban J connectivity index is 2.11. The molecule has 5 heteroatoms. The number of halogens is 2. The quantitative estimate of drug-likeness (QED) is 0.514. The average molecular weight is 411 g/mol. The number of rotatable bonds is 6. The smallest absolute Gasteiger partial charge is 0.184 e. The van der Waals surface area contributed by atoms with E-state index in [4.69, 9.17) is 28.2 Å². The van der Waals surface area contributed by atoms with Crippen LogP contribution in [0.25, 0.3) is 0 Å². The first-order valence-electron chi connectivity index (χ1n) is 9.48. The molecule has 1 aromatic heterocycles. The van der Waals surface area contributed by atoms with Crippen molar-refractivity contribution in [2.45, 2.75) is 58.9 Å². The Kier molecular flexibility index (Phi) is 6.21. The molecule has 26 heavy (non-hydrogen) atoms. The van der Waals surface area contributed by atoms with Gasteiger partial charge in [0, 0.05) is 29.6 Å². The summed E-state index contributed by atoms with van der Waals surface area (Å²) in [6, 6.07) is 6.14. The van der Waals surface area contributed by atoms with Crippen molar-refractivity contribution >= 4 is 34.5 Å². The van der Waals surface area contributed by atoms with Gasteiger partial charge in [0.15, 0.2) is 4.80 Å². The molecule has 0 saturated heterocycles. The van der Waals surface area contributed by atoms with E-state index in [1.54, 1.807) is 11.3 Å². The standard InChI is InChI=1S/C21H28Cl2N2S/c1-14(2)11-24-20-25(12-15(3)4)19(13-26-20)21(8-5-9-21)16-6-7-17(22)18(23)10-16/h6-7,10,13-15H,5,8-9,11-12H2,1-4H3. The lowest BCUT2D eigenvalue weighted by molar-refractivity contribution is 0.278. The number of nitrogens with zero attached hydrogens (tertiary/aromatic N) is 2. The van der Waals surface area contributed by atoms with Crippen LogP contribution in [0.15, 0.2) is 28.6 Å². The summed E-state index contributed by atoms with van der Waals surface area (Å²) in [4.78, 5) is 6.06. The first-order chi connectivity index (χ1) is 12.3. The summed E-state index contributed by atoms with van der Waals surface area (Å²) in [7, 11) is 0. The molecule has 1 aliphatic rings. The molecule has 0 aliphatic heterocycles. The summed E-state index contributed by atoms with van der Waals surface area (Å²) in [6.45, 7) is 10.8. The molecule has 3 rings (SSSR count). The first-order valence-corrected chi connectivity index (χ1v) is 11.1. The van der Waals surface area contributed by atoms with Crippen molar-refractivity contribution in [1.29, 1.82) is 0 Å². The zero-order valence-electron chi connectivity index (χ0n) is 16.1. The highest BCUT2D eigenvalue weighted by Crippen LogP contribution is 2.50. The predicted molar refractivity (Wildman–Crippen MR) is 114 cm³/mol. The van der Waals surface area contributed by atoms with Crippen LogP contribution in [0.2, 0.25) is 10.0 Å². The fourth-order valence-electron chi connectivity index (χ4n) is 3.65. The van der Waals surface area contributed by atoms with Gasteiger partial charge >= 0.3 is 0 Å². The molecule has 0 unspecified atom stereocenters. The molecule has 1 fully saturated rings. The summed E-state index contributed by atoms with van der Waals surface area (Å²) >= 11 is 14.3. The summed E-state index contributed by atoms with van der Waals surface area (Å²) in [5.41, 5.74) is 2.72. The Bertz CT molecular complexity index is 829. The van der Waals surface area contributed by atoms with Gasteiger partial charge in [0.2, 0.25) is 0 Å². The lowest BCUT2D eigenvalue weighted by Crippen LogP contribution is -2.39. The van der Waals surface area contributed by atoms with Crippen LogP contribution in [-0.4, -0.2) is 11.1 Å². The van der Waals surface area contributed by atoms with Crippen molar-refractivity contribution < 1.29 is 0 Å². The van der Waals surface area contributed by atoms with Crippen LogP contribution in [0.5, 0.6) is 0 Å². The van der Waals surface area contributed by atoms with Crippen molar-refractivity contribution in [2.24, 2.45) is 16.8 Å². The van der Waals surface area contributed by atoms with Gasteiger partial charge in [-0.3, -0.25) is 4.99 Å². The summed E-state index contributed by atoms with van der Waals surface area (Å²) in [5, 5.41) is 3.59. The van der Waals surface area contributed by atoms with Crippen LogP contribution in [0.3, 0.4) is 0 Å². The molecule has 1 saturated carbocycles. The summed E-state index contributed by atoms with van der Waals surface area (Å²) < 4.78 is 2.46. The topological polar surface area (TPSA) is 17.3 Å². The van der Waals surface area contributed by atoms with E-state index < -0.39 is 0 Å². The van der Waals surface area contributed by atoms with Gasteiger partial charge in [-0.2, -0.15) is 0 Å². The van der Waals surface area contributed by atoms with E-state index in [1.165, 1.54) is 17.7 Å². The molecule has 0 atom stereocenters. The second-order valence-electron chi connectivity index (χ2n) is 8.21. The van der Waals surface area contributed by atoms with Crippen LogP contribution in [0, 0.1) is 11.8 Å². The van der Waals surface area contributed by atoms with Gasteiger partial charge in [-0.1, -0.05) is 63.4 Å². The maximum Gasteiger partial charge on any atom is 0.184 e. The molecule has 0 N–H and O–H groups in total. The van der Waals surface area contributed by atoms with Gasteiger partial charge in [-0.15, -0.1) is 11.3 Å². The Morgan fingerprint density at radius 3 is 2.38 bits per heavy atom. The van der Waals surface area contributed by atoms with E-state index in [-0.39, 0.29) is 5.41 Å². The third-order valence-electron chi connectivity index (χ3n) is 5.11. The number of benzene rings is 1. The SMILES string of the molecule is CC(C)CN=c1scc(C2(c3ccc(Cl)c(Cl)c3)CCC2)n1CC(C)C. The van der Waals surface area contributed by atoms with E-state index in [9.17, 15) is 0 Å². The van der Waals surface area contributed by atoms with Crippen LogP contribution >= 0.6 is 34.5 Å². The Labute approximate surface area is 170 Å². The minimum absolute atomic E-state index is 0.0468. The van der Waals surface area contributed by atoms with E-state index >= 15 is 0 Å². The minimum atomic E-state index is 0.0468. The molecule has 1 aromatic carbocycles. The third-order valence-corrected chi connectivity index (χ3v) is 6.75. The van der Waals surface area contributed by atoms with Crippen molar-refractivity contribution in [3.63, 3.8) is 0 Å². The Morgan fingerprint density at radius 2 is 1.85 bits per heavy atom. The largest absolute Gasteiger partial charge is 0.320 e. The zero-order chi connectivity index (χ0) is 18.9. The lowest BCUT2D eigenvalue weighted by Gasteiger charge is -2.43. The molecular weight excluding hydrogens is 383 g/mol. The molecule has 142 valence electrons. The van der Waals surface area contributed by atoms with Gasteiger partial charge in [0.1, 0.15) is 0 Å². The highest BCUT2D eigenvalue weighted by atomic mass is 35.5.